The molecule has 0 heterocycles. The van der Waals surface area contributed by atoms with Crippen molar-refractivity contribution in [3.8, 4) is 0 Å². The highest BCUT2D eigenvalue weighted by Gasteiger charge is 2.01. The van der Waals surface area contributed by atoms with Gasteiger partial charge < -0.3 is 4.74 Å². The van der Waals surface area contributed by atoms with Gasteiger partial charge in [0.15, 0.2) is 0 Å². The monoisotopic (exact) mass is 157 g/mol. The summed E-state index contributed by atoms with van der Waals surface area (Å²) in [4.78, 5) is 0. The van der Waals surface area contributed by atoms with Crippen LogP contribution in [0.25, 0.3) is 0 Å². The van der Waals surface area contributed by atoms with Crippen LogP contribution in [0.15, 0.2) is 0 Å². The first kappa shape index (κ1) is 11.0. The Labute approximate surface area is 71.1 Å². The van der Waals surface area contributed by atoms with Gasteiger partial charge in [-0.25, -0.2) is 0 Å². The number of unbranched alkanes of at least 4 members (excludes halogenated alkanes) is 1. The highest BCUT2D eigenvalue weighted by molar-refractivity contribution is 4.52. The molecule has 11 heavy (non-hydrogen) atoms. The fraction of sp³-hybridized carbons (Fsp3) is 0.900. The van der Waals surface area contributed by atoms with Gasteiger partial charge in [0.2, 0.25) is 0 Å². The lowest BCUT2D eigenvalue weighted by atomic mass is 10.2. The second-order valence-electron chi connectivity index (χ2n) is 3.53. The fourth-order valence-corrected chi connectivity index (χ4v) is 0.872. The lowest BCUT2D eigenvalue weighted by molar-refractivity contribution is 0.0415. The summed E-state index contributed by atoms with van der Waals surface area (Å²) >= 11 is 0. The lowest BCUT2D eigenvalue weighted by Crippen LogP contribution is -2.12. The quantitative estimate of drug-likeness (QED) is 0.576. The summed E-state index contributed by atoms with van der Waals surface area (Å²) in [5.74, 6) is 0.650. The van der Waals surface area contributed by atoms with Gasteiger partial charge in [-0.2, -0.15) is 0 Å². The van der Waals surface area contributed by atoms with E-state index < -0.39 is 0 Å². The Balaban J connectivity index is 3.15. The predicted octanol–water partition coefficient (Wildman–Crippen LogP) is 3.05. The molecule has 0 spiro atoms. The maximum Gasteiger partial charge on any atom is 0.0547 e. The number of hydrogen-bond acceptors (Lipinski definition) is 1. The van der Waals surface area contributed by atoms with Gasteiger partial charge in [0, 0.05) is 6.61 Å². The van der Waals surface area contributed by atoms with Crippen molar-refractivity contribution in [3.63, 3.8) is 0 Å². The molecule has 0 rings (SSSR count). The van der Waals surface area contributed by atoms with E-state index in [1.165, 1.54) is 6.42 Å². The van der Waals surface area contributed by atoms with E-state index in [-0.39, 0.29) is 0 Å². The van der Waals surface area contributed by atoms with E-state index in [0.717, 1.165) is 19.4 Å². The minimum Gasteiger partial charge on any atom is -0.378 e. The largest absolute Gasteiger partial charge is 0.378 e. The van der Waals surface area contributed by atoms with Crippen LogP contribution >= 0.6 is 0 Å². The molecule has 1 unspecified atom stereocenters. The lowest BCUT2D eigenvalue weighted by Gasteiger charge is -2.13. The van der Waals surface area contributed by atoms with Crippen LogP contribution in [-0.2, 0) is 4.74 Å². The van der Waals surface area contributed by atoms with Crippen LogP contribution in [0.4, 0.5) is 0 Å². The average molecular weight is 157 g/mol. The molecule has 1 atom stereocenters. The number of hydrogen-bond donors (Lipinski definition) is 0. The van der Waals surface area contributed by atoms with E-state index >= 15 is 0 Å². The molecule has 1 heteroatoms. The van der Waals surface area contributed by atoms with E-state index in [2.05, 4.69) is 27.7 Å². The molecule has 0 aliphatic heterocycles. The molecular weight excluding hydrogens is 136 g/mol. The molecule has 0 N–H and O–H groups in total. The highest BCUT2D eigenvalue weighted by atomic mass is 16.5. The molecule has 0 aromatic rings. The first-order valence-electron chi connectivity index (χ1n) is 4.57. The molecule has 0 aromatic carbocycles. The Morgan fingerprint density at radius 3 is 2.36 bits per heavy atom. The summed E-state index contributed by atoms with van der Waals surface area (Å²) in [5.41, 5.74) is 0. The Hall–Kier alpha value is -0.0400. The molecule has 0 aromatic heterocycles. The number of ether oxygens (including phenoxy) is 1. The summed E-state index contributed by atoms with van der Waals surface area (Å²) in [7, 11) is 0. The van der Waals surface area contributed by atoms with Gasteiger partial charge in [0.05, 0.1) is 6.10 Å². The van der Waals surface area contributed by atoms with Gasteiger partial charge in [-0.1, -0.05) is 33.6 Å². The summed E-state index contributed by atoms with van der Waals surface area (Å²) < 4.78 is 5.58. The Bertz CT molecular complexity index is 78.9. The normalized spacial score (nSPS) is 13.9. The minimum atomic E-state index is 0.416. The predicted molar refractivity (Wildman–Crippen MR) is 49.5 cm³/mol. The van der Waals surface area contributed by atoms with Crippen LogP contribution in [0, 0.1) is 12.8 Å². The van der Waals surface area contributed by atoms with Crippen LogP contribution in [0.5, 0.6) is 0 Å². The second-order valence-corrected chi connectivity index (χ2v) is 3.53. The van der Waals surface area contributed by atoms with E-state index in [9.17, 15) is 0 Å². The first-order valence-corrected chi connectivity index (χ1v) is 4.57. The van der Waals surface area contributed by atoms with E-state index in [4.69, 9.17) is 4.74 Å². The Morgan fingerprint density at radius 1 is 1.27 bits per heavy atom. The van der Waals surface area contributed by atoms with Crippen LogP contribution in [0.2, 0.25) is 0 Å². The molecule has 67 valence electrons. The van der Waals surface area contributed by atoms with Gasteiger partial charge in [0.1, 0.15) is 0 Å². The van der Waals surface area contributed by atoms with Crippen molar-refractivity contribution in [3.05, 3.63) is 6.92 Å². The smallest absolute Gasteiger partial charge is 0.0547 e. The Morgan fingerprint density at radius 2 is 1.91 bits per heavy atom. The zero-order chi connectivity index (χ0) is 8.69. The van der Waals surface area contributed by atoms with Crippen molar-refractivity contribution < 1.29 is 4.74 Å². The zero-order valence-corrected chi connectivity index (χ0v) is 8.10. The topological polar surface area (TPSA) is 9.23 Å². The molecule has 0 aliphatic carbocycles. The maximum absolute atomic E-state index is 5.58. The van der Waals surface area contributed by atoms with Gasteiger partial charge in [-0.05, 0) is 19.3 Å². The SMILES string of the molecule is [CH2]CCCC(C)OCC(C)C. The molecule has 1 radical (unpaired) electrons. The molecule has 0 saturated carbocycles. The fourth-order valence-electron chi connectivity index (χ4n) is 0.872. The van der Waals surface area contributed by atoms with Crippen molar-refractivity contribution in [1.82, 2.24) is 0 Å². The summed E-state index contributed by atoms with van der Waals surface area (Å²) in [6.45, 7) is 11.2. The van der Waals surface area contributed by atoms with Crippen molar-refractivity contribution in [2.45, 2.75) is 46.1 Å². The van der Waals surface area contributed by atoms with Gasteiger partial charge in [0.25, 0.3) is 0 Å². The average Bonchev–Trinajstić information content (AvgIpc) is 1.97. The van der Waals surface area contributed by atoms with Crippen molar-refractivity contribution in [1.29, 1.82) is 0 Å². The van der Waals surface area contributed by atoms with Crippen molar-refractivity contribution >= 4 is 0 Å². The van der Waals surface area contributed by atoms with E-state index in [1.54, 1.807) is 0 Å². The van der Waals surface area contributed by atoms with Gasteiger partial charge in [-0.15, -0.1) is 0 Å². The van der Waals surface area contributed by atoms with Crippen LogP contribution in [0.3, 0.4) is 0 Å². The molecule has 0 bridgehead atoms. The molecule has 0 saturated heterocycles. The van der Waals surface area contributed by atoms with Crippen LogP contribution in [0.1, 0.15) is 40.0 Å². The first-order chi connectivity index (χ1) is 5.16. The third-order valence-electron chi connectivity index (χ3n) is 1.57. The van der Waals surface area contributed by atoms with Gasteiger partial charge >= 0.3 is 0 Å². The third kappa shape index (κ3) is 7.86. The molecule has 1 nitrogen and oxygen atoms in total. The van der Waals surface area contributed by atoms with E-state index in [1.807, 2.05) is 0 Å². The van der Waals surface area contributed by atoms with Crippen molar-refractivity contribution in [2.24, 2.45) is 5.92 Å². The molecular formula is C10H21O. The van der Waals surface area contributed by atoms with Crippen LogP contribution < -0.4 is 0 Å². The summed E-state index contributed by atoms with van der Waals surface area (Å²) in [6, 6.07) is 0. The molecule has 0 fully saturated rings. The second kappa shape index (κ2) is 6.66. The van der Waals surface area contributed by atoms with E-state index in [0.29, 0.717) is 12.0 Å². The zero-order valence-electron chi connectivity index (χ0n) is 8.10. The summed E-state index contributed by atoms with van der Waals surface area (Å²) in [6.07, 6.45) is 3.77. The van der Waals surface area contributed by atoms with Crippen molar-refractivity contribution in [2.75, 3.05) is 6.61 Å². The minimum absolute atomic E-state index is 0.416. The molecule has 0 amide bonds. The van der Waals surface area contributed by atoms with Crippen LogP contribution in [-0.4, -0.2) is 12.7 Å². The molecule has 0 aliphatic rings. The standard InChI is InChI=1S/C10H21O/c1-5-6-7-10(4)11-8-9(2)3/h9-10H,1,5-8H2,2-4H3. The van der Waals surface area contributed by atoms with Gasteiger partial charge in [-0.3, -0.25) is 0 Å². The Kier molecular flexibility index (Phi) is 6.63. The highest BCUT2D eigenvalue weighted by Crippen LogP contribution is 2.05. The maximum atomic E-state index is 5.58. The third-order valence-corrected chi connectivity index (χ3v) is 1.57. The number of rotatable bonds is 6. The summed E-state index contributed by atoms with van der Waals surface area (Å²) in [5, 5.41) is 0.